The fraction of sp³-hybridized carbons (Fsp3) is 1.00. The van der Waals surface area contributed by atoms with Crippen LogP contribution in [0, 0.1) is 50.7 Å². The summed E-state index contributed by atoms with van der Waals surface area (Å²) < 4.78 is 31.2. The fourth-order valence-corrected chi connectivity index (χ4v) is 14.3. The number of fused-ring (bicyclic) bond motifs is 6. The molecule has 19 atom stereocenters. The highest BCUT2D eigenvalue weighted by Crippen LogP contribution is 2.89. The molecule has 10 heteroatoms. The van der Waals surface area contributed by atoms with Crippen LogP contribution in [0.1, 0.15) is 92.9 Å². The van der Waals surface area contributed by atoms with Crippen LogP contribution in [-0.4, -0.2) is 98.8 Å². The van der Waals surface area contributed by atoms with Gasteiger partial charge in [0.05, 0.1) is 24.9 Å². The summed E-state index contributed by atoms with van der Waals surface area (Å²) >= 11 is 0. The van der Waals surface area contributed by atoms with E-state index >= 15 is 0 Å². The molecule has 4 heterocycles. The van der Waals surface area contributed by atoms with Gasteiger partial charge >= 0.3 is 0 Å². The van der Waals surface area contributed by atoms with Crippen LogP contribution in [0.3, 0.4) is 0 Å². The number of aliphatic hydroxyl groups is 5. The van der Waals surface area contributed by atoms with Gasteiger partial charge in [0.2, 0.25) is 5.79 Å². The zero-order valence-electron chi connectivity index (χ0n) is 27.6. The van der Waals surface area contributed by atoms with E-state index in [0.29, 0.717) is 17.8 Å². The average Bonchev–Trinajstić information content (AvgIpc) is 3.79. The summed E-state index contributed by atoms with van der Waals surface area (Å²) in [4.78, 5) is 0. The summed E-state index contributed by atoms with van der Waals surface area (Å²) in [7, 11) is 0. The van der Waals surface area contributed by atoms with Crippen molar-refractivity contribution in [2.75, 3.05) is 6.61 Å². The molecule has 5 aliphatic carbocycles. The minimum atomic E-state index is -1.32. The number of hydrogen-bond acceptors (Lipinski definition) is 10. The maximum Gasteiger partial charge on any atom is 0.201 e. The number of rotatable bonds is 2. The standard InChI is InChI=1S/C35H54O10/c1-16-12-35(27-32(6,44-27)28(40)45-35)43-19-13-31(5)20-11-17(36)25-29(2,3)21(42-26-24(39)23(38)18(37)14-41-26)7-8-34(25)15-33(20,34)10-9-30(31,4)22(16)19/h16-28,36-40H,7-15H2,1-6H3/t16-,17+,18-,19+,20+,21+,22?,23+,24-,25+,26+,27+,28+,30-,31+,32-,33+,34-,35-/m1/s1. The van der Waals surface area contributed by atoms with E-state index in [1.54, 1.807) is 0 Å². The van der Waals surface area contributed by atoms with Gasteiger partial charge in [0.25, 0.3) is 0 Å². The average molecular weight is 635 g/mol. The van der Waals surface area contributed by atoms with E-state index in [2.05, 4.69) is 34.6 Å². The fourth-order valence-electron chi connectivity index (χ4n) is 14.3. The second kappa shape index (κ2) is 8.84. The van der Waals surface area contributed by atoms with Crippen molar-refractivity contribution in [3.63, 3.8) is 0 Å². The van der Waals surface area contributed by atoms with Gasteiger partial charge in [0.15, 0.2) is 12.6 Å². The second-order valence-electron chi connectivity index (χ2n) is 18.4. The molecule has 9 rings (SSSR count). The van der Waals surface area contributed by atoms with Crippen molar-refractivity contribution in [3.05, 3.63) is 0 Å². The van der Waals surface area contributed by atoms with Gasteiger partial charge in [-0.2, -0.15) is 0 Å². The Hall–Kier alpha value is -0.400. The summed E-state index contributed by atoms with van der Waals surface area (Å²) in [5.41, 5.74) is -0.740. The van der Waals surface area contributed by atoms with Crippen LogP contribution in [0.15, 0.2) is 0 Å². The maximum absolute atomic E-state index is 12.2. The van der Waals surface area contributed by atoms with Gasteiger partial charge in [-0.1, -0.05) is 34.6 Å². The van der Waals surface area contributed by atoms with Gasteiger partial charge in [-0.05, 0) is 103 Å². The molecule has 0 radical (unpaired) electrons. The first-order valence-corrected chi connectivity index (χ1v) is 17.7. The van der Waals surface area contributed by atoms with Gasteiger partial charge in [0.1, 0.15) is 30.0 Å². The Balaban J connectivity index is 0.995. The van der Waals surface area contributed by atoms with E-state index in [9.17, 15) is 25.5 Å². The van der Waals surface area contributed by atoms with Crippen LogP contribution in [0.25, 0.3) is 0 Å². The molecule has 5 saturated carbocycles. The van der Waals surface area contributed by atoms with Crippen molar-refractivity contribution >= 4 is 0 Å². The van der Waals surface area contributed by atoms with Crippen LogP contribution in [0.5, 0.6) is 0 Å². The van der Waals surface area contributed by atoms with Crippen LogP contribution < -0.4 is 0 Å². The molecular weight excluding hydrogens is 580 g/mol. The molecule has 45 heavy (non-hydrogen) atoms. The molecule has 0 aromatic rings. The van der Waals surface area contributed by atoms with Crippen LogP contribution >= 0.6 is 0 Å². The van der Waals surface area contributed by atoms with Crippen molar-refractivity contribution in [2.24, 2.45) is 50.7 Å². The maximum atomic E-state index is 12.2. The highest BCUT2D eigenvalue weighted by atomic mass is 16.8. The molecule has 0 aromatic heterocycles. The SMILES string of the molecule is C[C@@H]1C[C@@]2(O[C@H]3C[C@@]4(C)[C@@H]5C[C@H](O)[C@H]6C(C)(C)[C@@H](O[C@@H]7OC[C@@H](O)[C@H](O)[C@H]7O)CC[C@@]67C[C@@]57CC[C@]4(C)C13)O[C@H](O)[C@]1(C)O[C@H]21. The largest absolute Gasteiger partial charge is 0.393 e. The van der Waals surface area contributed by atoms with Crippen LogP contribution in [0.4, 0.5) is 0 Å². The smallest absolute Gasteiger partial charge is 0.201 e. The minimum absolute atomic E-state index is 0.00470. The molecular formula is C35H54O10. The summed E-state index contributed by atoms with van der Waals surface area (Å²) in [6.07, 6.45) is 0.988. The topological polar surface area (TPSA) is 151 Å². The first kappa shape index (κ1) is 30.6. The van der Waals surface area contributed by atoms with Crippen molar-refractivity contribution in [1.29, 1.82) is 0 Å². The van der Waals surface area contributed by atoms with Crippen LogP contribution in [-0.2, 0) is 23.7 Å². The molecule has 5 N–H and O–H groups in total. The number of ether oxygens (including phenoxy) is 5. The Labute approximate surface area is 266 Å². The summed E-state index contributed by atoms with van der Waals surface area (Å²) in [5, 5.41) is 53.7. The highest BCUT2D eigenvalue weighted by Gasteiger charge is 2.86. The third kappa shape index (κ3) is 3.42. The lowest BCUT2D eigenvalue weighted by Gasteiger charge is -2.64. The molecule has 4 saturated heterocycles. The lowest BCUT2D eigenvalue weighted by Crippen LogP contribution is -2.63. The first-order chi connectivity index (χ1) is 21.0. The summed E-state index contributed by atoms with van der Waals surface area (Å²) in [6, 6.07) is 0. The molecule has 3 spiro atoms. The normalized spacial score (nSPS) is 66.9. The van der Waals surface area contributed by atoms with E-state index < -0.39 is 48.4 Å². The van der Waals surface area contributed by atoms with Gasteiger partial charge in [-0.15, -0.1) is 0 Å². The summed E-state index contributed by atoms with van der Waals surface area (Å²) in [5.74, 6) is 0.318. The number of hydrogen-bond donors (Lipinski definition) is 5. The van der Waals surface area contributed by atoms with Crippen LogP contribution in [0.2, 0.25) is 0 Å². The molecule has 0 aromatic carbocycles. The van der Waals surface area contributed by atoms with Crippen molar-refractivity contribution in [2.45, 2.75) is 160 Å². The quantitative estimate of drug-likeness (QED) is 0.226. The third-order valence-corrected chi connectivity index (χ3v) is 16.4. The molecule has 9 fully saturated rings. The van der Waals surface area contributed by atoms with Crippen molar-refractivity contribution in [3.8, 4) is 0 Å². The Bertz CT molecular complexity index is 1280. The number of aliphatic hydroxyl groups excluding tert-OH is 5. The van der Waals surface area contributed by atoms with Crippen molar-refractivity contribution in [1.82, 2.24) is 0 Å². The predicted molar refractivity (Wildman–Crippen MR) is 158 cm³/mol. The van der Waals surface area contributed by atoms with E-state index in [0.717, 1.165) is 44.9 Å². The first-order valence-electron chi connectivity index (χ1n) is 17.7. The molecule has 254 valence electrons. The zero-order valence-corrected chi connectivity index (χ0v) is 27.6. The molecule has 9 aliphatic rings. The number of epoxide rings is 1. The predicted octanol–water partition coefficient (Wildman–Crippen LogP) is 2.46. The Morgan fingerprint density at radius 1 is 0.778 bits per heavy atom. The van der Waals surface area contributed by atoms with E-state index in [4.69, 9.17) is 23.7 Å². The third-order valence-electron chi connectivity index (χ3n) is 16.4. The monoisotopic (exact) mass is 634 g/mol. The molecule has 0 bridgehead atoms. The van der Waals surface area contributed by atoms with E-state index in [-0.39, 0.29) is 57.9 Å². The molecule has 1 unspecified atom stereocenters. The Morgan fingerprint density at radius 2 is 1.53 bits per heavy atom. The Kier molecular flexibility index (Phi) is 6.02. The van der Waals surface area contributed by atoms with Gasteiger partial charge < -0.3 is 49.2 Å². The minimum Gasteiger partial charge on any atom is -0.393 e. The molecule has 0 amide bonds. The van der Waals surface area contributed by atoms with E-state index in [1.165, 1.54) is 6.42 Å². The molecule has 10 nitrogen and oxygen atoms in total. The lowest BCUT2D eigenvalue weighted by molar-refractivity contribution is -0.344. The lowest BCUT2D eigenvalue weighted by atomic mass is 9.41. The van der Waals surface area contributed by atoms with Gasteiger partial charge in [-0.25, -0.2) is 0 Å². The second-order valence-corrected chi connectivity index (χ2v) is 18.4. The van der Waals surface area contributed by atoms with E-state index in [1.807, 2.05) is 6.92 Å². The van der Waals surface area contributed by atoms with Gasteiger partial charge in [-0.3, -0.25) is 0 Å². The van der Waals surface area contributed by atoms with Crippen molar-refractivity contribution < 1.29 is 49.2 Å². The highest BCUT2D eigenvalue weighted by molar-refractivity contribution is 5.33. The zero-order chi connectivity index (χ0) is 31.9. The molecule has 4 aliphatic heterocycles. The Morgan fingerprint density at radius 3 is 2.22 bits per heavy atom. The summed E-state index contributed by atoms with van der Waals surface area (Å²) in [6.45, 7) is 13.6. The van der Waals surface area contributed by atoms with Gasteiger partial charge in [0, 0.05) is 6.42 Å².